The SMILES string of the molecule is CN(C)C1(CNCCOc2ccc(Br)cc2)CCCC1. The van der Waals surface area contributed by atoms with E-state index in [1.807, 2.05) is 24.3 Å². The standard InChI is InChI=1S/C16H25BrN2O/c1-19(2)16(9-3-4-10-16)13-18-11-12-20-15-7-5-14(17)6-8-15/h5-8,18H,3-4,9-13H2,1-2H3. The molecular formula is C16H25BrN2O. The van der Waals surface area contributed by atoms with Crippen LogP contribution in [0.2, 0.25) is 0 Å². The summed E-state index contributed by atoms with van der Waals surface area (Å²) in [5, 5.41) is 3.56. The summed E-state index contributed by atoms with van der Waals surface area (Å²) in [6, 6.07) is 7.98. The van der Waals surface area contributed by atoms with Gasteiger partial charge in [-0.2, -0.15) is 0 Å². The Kier molecular flexibility index (Phi) is 5.87. The summed E-state index contributed by atoms with van der Waals surface area (Å²) in [6.07, 6.45) is 5.33. The van der Waals surface area contributed by atoms with Crippen molar-refractivity contribution >= 4 is 15.9 Å². The Morgan fingerprint density at radius 3 is 2.45 bits per heavy atom. The van der Waals surface area contributed by atoms with Crippen molar-refractivity contribution in [2.24, 2.45) is 0 Å². The van der Waals surface area contributed by atoms with Crippen LogP contribution >= 0.6 is 15.9 Å². The molecule has 1 aliphatic carbocycles. The van der Waals surface area contributed by atoms with Crippen molar-refractivity contribution in [3.8, 4) is 5.75 Å². The minimum atomic E-state index is 0.359. The summed E-state index contributed by atoms with van der Waals surface area (Å²) in [4.78, 5) is 2.39. The Balaban J connectivity index is 1.67. The fraction of sp³-hybridized carbons (Fsp3) is 0.625. The number of hydrogen-bond donors (Lipinski definition) is 1. The van der Waals surface area contributed by atoms with Gasteiger partial charge in [0.15, 0.2) is 0 Å². The van der Waals surface area contributed by atoms with Gasteiger partial charge >= 0.3 is 0 Å². The summed E-state index contributed by atoms with van der Waals surface area (Å²) in [5.74, 6) is 0.929. The van der Waals surface area contributed by atoms with Crippen molar-refractivity contribution < 1.29 is 4.74 Å². The van der Waals surface area contributed by atoms with Crippen molar-refractivity contribution in [3.05, 3.63) is 28.7 Å². The van der Waals surface area contributed by atoms with Crippen molar-refractivity contribution in [1.82, 2.24) is 10.2 Å². The molecule has 0 spiro atoms. The van der Waals surface area contributed by atoms with Gasteiger partial charge in [0.25, 0.3) is 0 Å². The Bertz CT molecular complexity index is 399. The lowest BCUT2D eigenvalue weighted by atomic mass is 9.96. The Labute approximate surface area is 130 Å². The average molecular weight is 341 g/mol. The zero-order chi connectivity index (χ0) is 14.4. The van der Waals surface area contributed by atoms with Crippen LogP contribution in [0.4, 0.5) is 0 Å². The van der Waals surface area contributed by atoms with Crippen molar-refractivity contribution in [3.63, 3.8) is 0 Å². The molecule has 0 heterocycles. The molecule has 20 heavy (non-hydrogen) atoms. The molecule has 0 unspecified atom stereocenters. The Morgan fingerprint density at radius 2 is 1.85 bits per heavy atom. The van der Waals surface area contributed by atoms with Gasteiger partial charge in [-0.3, -0.25) is 0 Å². The predicted octanol–water partition coefficient (Wildman–Crippen LogP) is 3.29. The van der Waals surface area contributed by atoms with Crippen LogP contribution in [0.1, 0.15) is 25.7 Å². The molecule has 112 valence electrons. The van der Waals surface area contributed by atoms with Crippen LogP contribution in [0, 0.1) is 0 Å². The van der Waals surface area contributed by atoms with Crippen molar-refractivity contribution in [2.75, 3.05) is 33.8 Å². The van der Waals surface area contributed by atoms with E-state index < -0.39 is 0 Å². The lowest BCUT2D eigenvalue weighted by molar-refractivity contribution is 0.151. The highest BCUT2D eigenvalue weighted by Gasteiger charge is 2.35. The Morgan fingerprint density at radius 1 is 1.20 bits per heavy atom. The second kappa shape index (κ2) is 7.43. The smallest absolute Gasteiger partial charge is 0.119 e. The van der Waals surface area contributed by atoms with Gasteiger partial charge in [-0.15, -0.1) is 0 Å². The van der Waals surface area contributed by atoms with Gasteiger partial charge in [0.2, 0.25) is 0 Å². The summed E-state index contributed by atoms with van der Waals surface area (Å²) in [5.41, 5.74) is 0.359. The van der Waals surface area contributed by atoms with Crippen LogP contribution < -0.4 is 10.1 Å². The summed E-state index contributed by atoms with van der Waals surface area (Å²) < 4.78 is 6.80. The van der Waals surface area contributed by atoms with Gasteiger partial charge in [0.05, 0.1) is 0 Å². The Hall–Kier alpha value is -0.580. The molecule has 0 bridgehead atoms. The monoisotopic (exact) mass is 340 g/mol. The third-order valence-electron chi connectivity index (χ3n) is 4.30. The number of likely N-dealkylation sites (N-methyl/N-ethyl adjacent to an activating group) is 1. The summed E-state index contributed by atoms with van der Waals surface area (Å²) in [7, 11) is 4.40. The number of nitrogens with one attached hydrogen (secondary N) is 1. The molecule has 4 heteroatoms. The largest absolute Gasteiger partial charge is 0.492 e. The predicted molar refractivity (Wildman–Crippen MR) is 87.4 cm³/mol. The van der Waals surface area contributed by atoms with Crippen molar-refractivity contribution in [1.29, 1.82) is 0 Å². The normalized spacial score (nSPS) is 17.6. The molecule has 1 N–H and O–H groups in total. The first-order chi connectivity index (χ1) is 9.62. The van der Waals surface area contributed by atoms with E-state index in [0.29, 0.717) is 12.1 Å². The lowest BCUT2D eigenvalue weighted by Crippen LogP contribution is -2.50. The van der Waals surface area contributed by atoms with Crippen LogP contribution in [0.3, 0.4) is 0 Å². The molecule has 1 saturated carbocycles. The molecule has 0 atom stereocenters. The molecule has 0 aromatic heterocycles. The van der Waals surface area contributed by atoms with Gasteiger partial charge in [-0.1, -0.05) is 28.8 Å². The van der Waals surface area contributed by atoms with Crippen LogP contribution in [0.15, 0.2) is 28.7 Å². The number of hydrogen-bond acceptors (Lipinski definition) is 3. The zero-order valence-corrected chi connectivity index (χ0v) is 14.1. The van der Waals surface area contributed by atoms with Gasteiger partial charge in [-0.25, -0.2) is 0 Å². The highest BCUT2D eigenvalue weighted by molar-refractivity contribution is 9.10. The molecule has 1 aromatic carbocycles. The molecular weight excluding hydrogens is 316 g/mol. The van der Waals surface area contributed by atoms with E-state index in [4.69, 9.17) is 4.74 Å². The molecule has 0 saturated heterocycles. The minimum Gasteiger partial charge on any atom is -0.492 e. The fourth-order valence-corrected chi connectivity index (χ4v) is 3.17. The third-order valence-corrected chi connectivity index (χ3v) is 4.83. The first-order valence-corrected chi connectivity index (χ1v) is 8.18. The first kappa shape index (κ1) is 15.8. The van der Waals surface area contributed by atoms with Gasteiger partial charge in [-0.05, 0) is 51.2 Å². The van der Waals surface area contributed by atoms with E-state index >= 15 is 0 Å². The molecule has 1 fully saturated rings. The number of benzene rings is 1. The highest BCUT2D eigenvalue weighted by atomic mass is 79.9. The highest BCUT2D eigenvalue weighted by Crippen LogP contribution is 2.32. The molecule has 0 radical (unpaired) electrons. The maximum Gasteiger partial charge on any atom is 0.119 e. The quantitative estimate of drug-likeness (QED) is 0.771. The van der Waals surface area contributed by atoms with Gasteiger partial charge < -0.3 is 15.0 Å². The summed E-state index contributed by atoms with van der Waals surface area (Å²) in [6.45, 7) is 2.67. The van der Waals surface area contributed by atoms with Crippen LogP contribution in [0.25, 0.3) is 0 Å². The first-order valence-electron chi connectivity index (χ1n) is 7.39. The van der Waals surface area contributed by atoms with Crippen molar-refractivity contribution in [2.45, 2.75) is 31.2 Å². The van der Waals surface area contributed by atoms with Gasteiger partial charge in [0, 0.05) is 23.1 Å². The second-order valence-electron chi connectivity index (χ2n) is 5.81. The van der Waals surface area contributed by atoms with Gasteiger partial charge in [0.1, 0.15) is 12.4 Å². The molecule has 0 amide bonds. The summed E-state index contributed by atoms with van der Waals surface area (Å²) >= 11 is 3.42. The lowest BCUT2D eigenvalue weighted by Gasteiger charge is -2.36. The maximum absolute atomic E-state index is 5.72. The van der Waals surface area contributed by atoms with Crippen LogP contribution in [-0.2, 0) is 0 Å². The zero-order valence-electron chi connectivity index (χ0n) is 12.5. The minimum absolute atomic E-state index is 0.359. The van der Waals surface area contributed by atoms with E-state index in [1.54, 1.807) is 0 Å². The maximum atomic E-state index is 5.72. The second-order valence-corrected chi connectivity index (χ2v) is 6.72. The molecule has 2 rings (SSSR count). The van der Waals surface area contributed by atoms with E-state index in [9.17, 15) is 0 Å². The average Bonchev–Trinajstić information content (AvgIpc) is 2.91. The van der Waals surface area contributed by atoms with E-state index in [2.05, 4.69) is 40.2 Å². The third kappa shape index (κ3) is 4.21. The molecule has 0 aliphatic heterocycles. The van der Waals surface area contributed by atoms with E-state index in [0.717, 1.165) is 23.3 Å². The van der Waals surface area contributed by atoms with Crippen LogP contribution in [0.5, 0.6) is 5.75 Å². The van der Waals surface area contributed by atoms with E-state index in [-0.39, 0.29) is 0 Å². The molecule has 3 nitrogen and oxygen atoms in total. The molecule has 1 aromatic rings. The topological polar surface area (TPSA) is 24.5 Å². The number of halogens is 1. The van der Waals surface area contributed by atoms with E-state index in [1.165, 1.54) is 25.7 Å². The molecule has 1 aliphatic rings. The number of ether oxygens (including phenoxy) is 1. The van der Waals surface area contributed by atoms with Crippen LogP contribution in [-0.4, -0.2) is 44.2 Å². The number of nitrogens with zero attached hydrogens (tertiary/aromatic N) is 1. The number of rotatable bonds is 7. The fourth-order valence-electron chi connectivity index (χ4n) is 2.91.